The summed E-state index contributed by atoms with van der Waals surface area (Å²) < 4.78 is 0.343. The smallest absolute Gasteiger partial charge is 0.326 e. The predicted molar refractivity (Wildman–Crippen MR) is 169 cm³/mol. The number of carboxylic acids is 1. The van der Waals surface area contributed by atoms with Crippen molar-refractivity contribution in [3.8, 4) is 0 Å². The lowest BCUT2D eigenvalue weighted by molar-refractivity contribution is -0.142. The minimum absolute atomic E-state index is 0.0397. The van der Waals surface area contributed by atoms with Gasteiger partial charge in [-0.1, -0.05) is 30.3 Å². The van der Waals surface area contributed by atoms with Crippen molar-refractivity contribution < 1.29 is 24.3 Å². The molecule has 3 amide bonds. The van der Waals surface area contributed by atoms with E-state index in [0.717, 1.165) is 5.56 Å². The molecule has 0 bridgehead atoms. The zero-order chi connectivity index (χ0) is 32.5. The SMILES string of the molecule is CNC(CCCN=C(N)N)C(=O)NC(Cc1c[nH]c(=S)[nH]1)C(=O)NC(CCCCN)C(=O)NC(Cc1ccccc1)C(=O)O. The first kappa shape index (κ1) is 35.9. The molecule has 0 fully saturated rings. The molecule has 15 nitrogen and oxygen atoms in total. The standard InChI is InChI=1S/C28H44N10O5S/c1-32-19(11-7-13-33-27(30)31)23(39)37-21(15-18-16-34-28(44)35-18)25(41)36-20(10-5-6-12-29)24(40)38-22(26(42)43)14-17-8-3-2-4-9-17/h2-4,8-9,16,19-22,32H,5-7,10-15,29H2,1H3,(H,36,41)(H,37,39)(H,38,40)(H,42,43)(H4,30,31,33)(H2,34,35,44). The van der Waals surface area contributed by atoms with Crippen molar-refractivity contribution in [3.05, 3.63) is 52.6 Å². The average Bonchev–Trinajstić information content (AvgIpc) is 3.40. The predicted octanol–water partition coefficient (Wildman–Crippen LogP) is -0.833. The van der Waals surface area contributed by atoms with E-state index in [9.17, 15) is 24.3 Å². The minimum Gasteiger partial charge on any atom is -0.480 e. The van der Waals surface area contributed by atoms with Gasteiger partial charge < -0.3 is 53.5 Å². The monoisotopic (exact) mass is 632 g/mol. The number of likely N-dealkylation sites (N-methyl/N-ethyl adjacent to an activating group) is 1. The number of nitrogens with zero attached hydrogens (tertiary/aromatic N) is 1. The Labute approximate surface area is 261 Å². The van der Waals surface area contributed by atoms with Crippen LogP contribution < -0.4 is 38.5 Å². The maximum Gasteiger partial charge on any atom is 0.326 e. The van der Waals surface area contributed by atoms with Crippen LogP contribution in [0.2, 0.25) is 0 Å². The third-order valence-corrected chi connectivity index (χ3v) is 7.02. The first-order chi connectivity index (χ1) is 21.0. The molecule has 1 heterocycles. The van der Waals surface area contributed by atoms with E-state index in [2.05, 4.69) is 36.2 Å². The highest BCUT2D eigenvalue weighted by Gasteiger charge is 2.31. The molecule has 2 rings (SSSR count). The summed E-state index contributed by atoms with van der Waals surface area (Å²) in [7, 11) is 1.62. The van der Waals surface area contributed by atoms with Gasteiger partial charge in [0.2, 0.25) is 17.7 Å². The Bertz CT molecular complexity index is 1290. The Morgan fingerprint density at radius 1 is 0.886 bits per heavy atom. The summed E-state index contributed by atoms with van der Waals surface area (Å²) in [6.45, 7) is 0.715. The summed E-state index contributed by atoms with van der Waals surface area (Å²) >= 11 is 5.10. The second-order valence-corrected chi connectivity index (χ2v) is 10.7. The van der Waals surface area contributed by atoms with Crippen LogP contribution >= 0.6 is 12.2 Å². The molecule has 13 N–H and O–H groups in total. The molecule has 0 saturated carbocycles. The number of rotatable bonds is 20. The molecule has 0 saturated heterocycles. The van der Waals surface area contributed by atoms with E-state index in [1.54, 1.807) is 37.5 Å². The summed E-state index contributed by atoms with van der Waals surface area (Å²) in [5.41, 5.74) is 17.6. The zero-order valence-electron chi connectivity index (χ0n) is 24.8. The van der Waals surface area contributed by atoms with E-state index in [-0.39, 0.29) is 25.2 Å². The number of aliphatic imine (C=N–C) groups is 1. The van der Waals surface area contributed by atoms with Crippen LogP contribution in [0.3, 0.4) is 0 Å². The number of imidazole rings is 1. The van der Waals surface area contributed by atoms with Crippen LogP contribution in [0.15, 0.2) is 41.5 Å². The van der Waals surface area contributed by atoms with Gasteiger partial charge in [0.1, 0.15) is 18.1 Å². The average molecular weight is 633 g/mol. The van der Waals surface area contributed by atoms with Gasteiger partial charge in [0, 0.05) is 31.3 Å². The Morgan fingerprint density at radius 2 is 1.50 bits per heavy atom. The fraction of sp³-hybridized carbons (Fsp3) is 0.500. The molecular formula is C28H44N10O5S. The number of aromatic nitrogens is 2. The van der Waals surface area contributed by atoms with E-state index in [4.69, 9.17) is 29.4 Å². The van der Waals surface area contributed by atoms with Gasteiger partial charge in [0.25, 0.3) is 0 Å². The molecule has 44 heavy (non-hydrogen) atoms. The number of aromatic amines is 2. The van der Waals surface area contributed by atoms with Crippen molar-refractivity contribution in [2.75, 3.05) is 20.1 Å². The quantitative estimate of drug-likeness (QED) is 0.0375. The van der Waals surface area contributed by atoms with Gasteiger partial charge in [-0.3, -0.25) is 19.4 Å². The zero-order valence-corrected chi connectivity index (χ0v) is 25.6. The molecule has 0 radical (unpaired) electrons. The summed E-state index contributed by atoms with van der Waals surface area (Å²) in [4.78, 5) is 61.9. The van der Waals surface area contributed by atoms with Gasteiger partial charge in [-0.05, 0) is 63.5 Å². The van der Waals surface area contributed by atoms with E-state index in [1.807, 2.05) is 6.07 Å². The van der Waals surface area contributed by atoms with Crippen LogP contribution in [0.1, 0.15) is 43.4 Å². The lowest BCUT2D eigenvalue weighted by Crippen LogP contribution is -2.58. The van der Waals surface area contributed by atoms with E-state index in [0.29, 0.717) is 49.2 Å². The summed E-state index contributed by atoms with van der Waals surface area (Å²) in [6.07, 6.45) is 3.90. The topological polar surface area (TPSA) is 259 Å². The van der Waals surface area contributed by atoms with Gasteiger partial charge in [0.05, 0.1) is 6.04 Å². The lowest BCUT2D eigenvalue weighted by Gasteiger charge is -2.26. The summed E-state index contributed by atoms with van der Waals surface area (Å²) in [5, 5.41) is 20.8. The van der Waals surface area contributed by atoms with Crippen molar-refractivity contribution in [2.45, 2.75) is 69.1 Å². The number of carboxylic acid groups (broad SMARTS) is 1. The molecule has 242 valence electrons. The number of hydrogen-bond donors (Lipinski definition) is 10. The number of carbonyl (C=O) groups excluding carboxylic acids is 3. The largest absolute Gasteiger partial charge is 0.480 e. The highest BCUT2D eigenvalue weighted by molar-refractivity contribution is 7.71. The van der Waals surface area contributed by atoms with Crippen LogP contribution in [0.5, 0.6) is 0 Å². The Balaban J connectivity index is 2.22. The fourth-order valence-electron chi connectivity index (χ4n) is 4.45. The third kappa shape index (κ3) is 12.9. The molecule has 16 heteroatoms. The second kappa shape index (κ2) is 19.1. The normalized spacial score (nSPS) is 13.6. The number of hydrogen-bond acceptors (Lipinski definition) is 8. The maximum absolute atomic E-state index is 13.6. The Morgan fingerprint density at radius 3 is 2.09 bits per heavy atom. The van der Waals surface area contributed by atoms with Crippen LogP contribution in [-0.2, 0) is 32.0 Å². The van der Waals surface area contributed by atoms with Gasteiger partial charge in [-0.25, -0.2) is 4.79 Å². The molecule has 1 aromatic heterocycles. The number of nitrogens with one attached hydrogen (secondary N) is 6. The van der Waals surface area contributed by atoms with Crippen molar-refractivity contribution in [1.82, 2.24) is 31.2 Å². The maximum atomic E-state index is 13.6. The lowest BCUT2D eigenvalue weighted by atomic mass is 10.0. The molecule has 0 aliphatic rings. The molecule has 4 unspecified atom stereocenters. The fourth-order valence-corrected chi connectivity index (χ4v) is 4.64. The van der Waals surface area contributed by atoms with Crippen molar-refractivity contribution in [1.29, 1.82) is 0 Å². The number of aliphatic carboxylic acids is 1. The second-order valence-electron chi connectivity index (χ2n) is 10.3. The van der Waals surface area contributed by atoms with Crippen LogP contribution in [-0.4, -0.2) is 89.0 Å². The highest BCUT2D eigenvalue weighted by Crippen LogP contribution is 2.08. The number of H-pyrrole nitrogens is 2. The number of benzene rings is 1. The summed E-state index contributed by atoms with van der Waals surface area (Å²) in [5.74, 6) is -2.98. The van der Waals surface area contributed by atoms with E-state index < -0.39 is 47.9 Å². The van der Waals surface area contributed by atoms with E-state index in [1.165, 1.54) is 0 Å². The molecular weight excluding hydrogens is 588 g/mol. The van der Waals surface area contributed by atoms with E-state index >= 15 is 0 Å². The minimum atomic E-state index is -1.22. The first-order valence-electron chi connectivity index (χ1n) is 14.4. The van der Waals surface area contributed by atoms with Gasteiger partial charge >= 0.3 is 5.97 Å². The van der Waals surface area contributed by atoms with Gasteiger partial charge in [-0.2, -0.15) is 0 Å². The number of carbonyl (C=O) groups is 4. The van der Waals surface area contributed by atoms with Gasteiger partial charge in [-0.15, -0.1) is 0 Å². The molecule has 0 aliphatic carbocycles. The number of nitrogens with two attached hydrogens (primary N) is 3. The molecule has 1 aromatic carbocycles. The Hall–Kier alpha value is -4.28. The van der Waals surface area contributed by atoms with Gasteiger partial charge in [0.15, 0.2) is 10.7 Å². The number of unbranched alkanes of at least 4 members (excludes halogenated alkanes) is 1. The van der Waals surface area contributed by atoms with Crippen LogP contribution in [0.4, 0.5) is 0 Å². The molecule has 4 atom stereocenters. The van der Waals surface area contributed by atoms with Crippen molar-refractivity contribution in [2.24, 2.45) is 22.2 Å². The number of guanidine groups is 1. The number of amides is 3. The molecule has 2 aromatic rings. The highest BCUT2D eigenvalue weighted by atomic mass is 32.1. The van der Waals surface area contributed by atoms with Crippen LogP contribution in [0.25, 0.3) is 0 Å². The first-order valence-corrected chi connectivity index (χ1v) is 14.8. The molecule has 0 aliphatic heterocycles. The van der Waals surface area contributed by atoms with Crippen molar-refractivity contribution >= 4 is 41.9 Å². The van der Waals surface area contributed by atoms with Crippen LogP contribution in [0, 0.1) is 4.77 Å². The Kier molecular flexibility index (Phi) is 15.6. The summed E-state index contributed by atoms with van der Waals surface area (Å²) in [6, 6.07) is 4.86. The van der Waals surface area contributed by atoms with Crippen molar-refractivity contribution in [3.63, 3.8) is 0 Å². The third-order valence-electron chi connectivity index (χ3n) is 6.80. The molecule has 0 spiro atoms.